The summed E-state index contributed by atoms with van der Waals surface area (Å²) in [5.41, 5.74) is 7.05. The largest absolute Gasteiger partial charge is 0.356 e. The molecule has 0 aliphatic heterocycles. The molecule has 1 fully saturated rings. The van der Waals surface area contributed by atoms with Gasteiger partial charge in [-0.05, 0) is 37.3 Å². The van der Waals surface area contributed by atoms with E-state index in [1.165, 1.54) is 0 Å². The highest BCUT2D eigenvalue weighted by atomic mass is 35.5. The summed E-state index contributed by atoms with van der Waals surface area (Å²) in [5, 5.41) is 3.00. The molecule has 2 rings (SSSR count). The average Bonchev–Trinajstić information content (AvgIpc) is 2.40. The first-order valence-corrected chi connectivity index (χ1v) is 6.68. The van der Waals surface area contributed by atoms with E-state index in [1.54, 1.807) is 6.20 Å². The molecule has 0 radical (unpaired) electrons. The van der Waals surface area contributed by atoms with Gasteiger partial charge < -0.3 is 11.1 Å². The Balaban J connectivity index is 0.00000180. The summed E-state index contributed by atoms with van der Waals surface area (Å²) < 4.78 is 0. The third kappa shape index (κ3) is 6.07. The van der Waals surface area contributed by atoms with Gasteiger partial charge in [-0.3, -0.25) is 9.78 Å². The number of nitrogens with two attached hydrogens (primary N) is 1. The van der Waals surface area contributed by atoms with Gasteiger partial charge in [0.25, 0.3) is 0 Å². The molecular formula is C14H23Cl2N3O. The Labute approximate surface area is 132 Å². The molecule has 0 spiro atoms. The lowest BCUT2D eigenvalue weighted by Gasteiger charge is -2.25. The molecule has 2 unspecified atom stereocenters. The number of aromatic nitrogens is 1. The lowest BCUT2D eigenvalue weighted by Crippen LogP contribution is -2.38. The fraction of sp³-hybridized carbons (Fsp3) is 0.571. The van der Waals surface area contributed by atoms with Crippen LogP contribution in [0, 0.1) is 5.92 Å². The second-order valence-corrected chi connectivity index (χ2v) is 5.03. The molecule has 0 saturated heterocycles. The molecule has 0 aromatic carbocycles. The van der Waals surface area contributed by atoms with Crippen molar-refractivity contribution in [3.05, 3.63) is 30.1 Å². The number of hydrogen-bond acceptors (Lipinski definition) is 3. The molecule has 1 aliphatic rings. The summed E-state index contributed by atoms with van der Waals surface area (Å²) >= 11 is 0. The Bertz CT molecular complexity index is 389. The Kier molecular flexibility index (Phi) is 9.55. The third-order valence-electron chi connectivity index (χ3n) is 3.52. The van der Waals surface area contributed by atoms with Crippen molar-refractivity contribution in [2.75, 3.05) is 6.54 Å². The van der Waals surface area contributed by atoms with E-state index >= 15 is 0 Å². The number of amides is 1. The van der Waals surface area contributed by atoms with E-state index in [2.05, 4.69) is 10.3 Å². The lowest BCUT2D eigenvalue weighted by molar-refractivity contribution is -0.126. The van der Waals surface area contributed by atoms with Crippen molar-refractivity contribution in [1.82, 2.24) is 10.3 Å². The fourth-order valence-corrected chi connectivity index (χ4v) is 2.49. The number of nitrogens with zero attached hydrogens (tertiary/aromatic N) is 1. The zero-order chi connectivity index (χ0) is 12.8. The standard InChI is InChI=1S/C14H21N3O.2ClH/c15-13-5-1-4-12(9-13)14(18)17-8-6-11-3-2-7-16-10-11;;/h2-3,7,10,12-13H,1,4-6,8-9,15H2,(H,17,18);2*1H. The molecule has 1 saturated carbocycles. The summed E-state index contributed by atoms with van der Waals surface area (Å²) in [7, 11) is 0. The van der Waals surface area contributed by atoms with Crippen molar-refractivity contribution >= 4 is 30.7 Å². The molecule has 1 heterocycles. The molecule has 1 amide bonds. The smallest absolute Gasteiger partial charge is 0.223 e. The summed E-state index contributed by atoms with van der Waals surface area (Å²) in [6, 6.07) is 4.14. The number of rotatable bonds is 4. The fourth-order valence-electron chi connectivity index (χ4n) is 2.49. The highest BCUT2D eigenvalue weighted by Crippen LogP contribution is 2.22. The maximum absolute atomic E-state index is 12.0. The molecule has 2 atom stereocenters. The van der Waals surface area contributed by atoms with Crippen molar-refractivity contribution in [2.24, 2.45) is 11.7 Å². The van der Waals surface area contributed by atoms with Gasteiger partial charge in [-0.15, -0.1) is 24.8 Å². The van der Waals surface area contributed by atoms with Crippen molar-refractivity contribution in [1.29, 1.82) is 0 Å². The van der Waals surface area contributed by atoms with Crippen LogP contribution in [-0.4, -0.2) is 23.5 Å². The van der Waals surface area contributed by atoms with E-state index < -0.39 is 0 Å². The zero-order valence-electron chi connectivity index (χ0n) is 11.5. The van der Waals surface area contributed by atoms with E-state index in [-0.39, 0.29) is 42.7 Å². The van der Waals surface area contributed by atoms with Crippen LogP contribution in [0.2, 0.25) is 0 Å². The number of hydrogen-bond donors (Lipinski definition) is 2. The van der Waals surface area contributed by atoms with Crippen molar-refractivity contribution in [3.63, 3.8) is 0 Å². The topological polar surface area (TPSA) is 68.0 Å². The van der Waals surface area contributed by atoms with Gasteiger partial charge in [0.05, 0.1) is 0 Å². The normalized spacial score (nSPS) is 21.2. The van der Waals surface area contributed by atoms with Crippen molar-refractivity contribution in [2.45, 2.75) is 38.1 Å². The minimum Gasteiger partial charge on any atom is -0.356 e. The van der Waals surface area contributed by atoms with E-state index in [9.17, 15) is 4.79 Å². The maximum atomic E-state index is 12.0. The number of carbonyl (C=O) groups is 1. The molecular weight excluding hydrogens is 297 g/mol. The van der Waals surface area contributed by atoms with Gasteiger partial charge in [0.1, 0.15) is 0 Å². The number of carbonyl (C=O) groups excluding carboxylic acids is 1. The van der Waals surface area contributed by atoms with Crippen LogP contribution in [0.4, 0.5) is 0 Å². The SMILES string of the molecule is Cl.Cl.NC1CCCC(C(=O)NCCc2cccnc2)C1. The van der Waals surface area contributed by atoms with Gasteiger partial charge in [0, 0.05) is 30.9 Å². The van der Waals surface area contributed by atoms with E-state index in [0.717, 1.165) is 37.7 Å². The summed E-state index contributed by atoms with van der Waals surface area (Å²) in [5.74, 6) is 0.275. The van der Waals surface area contributed by atoms with E-state index in [4.69, 9.17) is 5.73 Å². The maximum Gasteiger partial charge on any atom is 0.223 e. The Morgan fingerprint density at radius 3 is 2.85 bits per heavy atom. The predicted octanol–water partition coefficient (Wildman–Crippen LogP) is 2.10. The van der Waals surface area contributed by atoms with Gasteiger partial charge in [0.15, 0.2) is 0 Å². The molecule has 3 N–H and O–H groups in total. The first-order chi connectivity index (χ1) is 8.75. The first kappa shape index (κ1) is 19.2. The molecule has 114 valence electrons. The van der Waals surface area contributed by atoms with Crippen molar-refractivity contribution < 1.29 is 4.79 Å². The summed E-state index contributed by atoms with van der Waals surface area (Å²) in [6.45, 7) is 0.677. The first-order valence-electron chi connectivity index (χ1n) is 6.68. The minimum absolute atomic E-state index is 0. The molecule has 1 aromatic rings. The summed E-state index contributed by atoms with van der Waals surface area (Å²) in [6.07, 6.45) is 8.36. The summed E-state index contributed by atoms with van der Waals surface area (Å²) in [4.78, 5) is 16.0. The van der Waals surface area contributed by atoms with Crippen LogP contribution in [0.25, 0.3) is 0 Å². The van der Waals surface area contributed by atoms with Crippen LogP contribution in [0.15, 0.2) is 24.5 Å². The van der Waals surface area contributed by atoms with Gasteiger partial charge in [-0.2, -0.15) is 0 Å². The van der Waals surface area contributed by atoms with Crippen molar-refractivity contribution in [3.8, 4) is 0 Å². The second kappa shape index (κ2) is 9.97. The van der Waals surface area contributed by atoms with Crippen LogP contribution < -0.4 is 11.1 Å². The van der Waals surface area contributed by atoms with E-state index in [0.29, 0.717) is 6.54 Å². The van der Waals surface area contributed by atoms with Crippen LogP contribution in [0.3, 0.4) is 0 Å². The minimum atomic E-state index is 0. The van der Waals surface area contributed by atoms with Gasteiger partial charge in [-0.25, -0.2) is 0 Å². The zero-order valence-corrected chi connectivity index (χ0v) is 13.1. The Morgan fingerprint density at radius 2 is 2.20 bits per heavy atom. The monoisotopic (exact) mass is 319 g/mol. The quantitative estimate of drug-likeness (QED) is 0.893. The van der Waals surface area contributed by atoms with Gasteiger partial charge >= 0.3 is 0 Å². The van der Waals surface area contributed by atoms with Crippen LogP contribution in [0.5, 0.6) is 0 Å². The highest BCUT2D eigenvalue weighted by Gasteiger charge is 2.24. The Hall–Kier alpha value is -0.840. The van der Waals surface area contributed by atoms with Crippen LogP contribution >= 0.6 is 24.8 Å². The average molecular weight is 320 g/mol. The molecule has 6 heteroatoms. The second-order valence-electron chi connectivity index (χ2n) is 5.03. The number of pyridine rings is 1. The Morgan fingerprint density at radius 1 is 1.40 bits per heavy atom. The van der Waals surface area contributed by atoms with Gasteiger partial charge in [0.2, 0.25) is 5.91 Å². The van der Waals surface area contributed by atoms with Crippen LogP contribution in [-0.2, 0) is 11.2 Å². The molecule has 4 nitrogen and oxygen atoms in total. The molecule has 1 aliphatic carbocycles. The molecule has 20 heavy (non-hydrogen) atoms. The highest BCUT2D eigenvalue weighted by molar-refractivity contribution is 5.85. The molecule has 1 aromatic heterocycles. The third-order valence-corrected chi connectivity index (χ3v) is 3.52. The number of nitrogens with one attached hydrogen (secondary N) is 1. The van der Waals surface area contributed by atoms with E-state index in [1.807, 2.05) is 18.3 Å². The molecule has 0 bridgehead atoms. The van der Waals surface area contributed by atoms with Gasteiger partial charge in [-0.1, -0.05) is 12.5 Å². The predicted molar refractivity (Wildman–Crippen MR) is 85.4 cm³/mol. The number of halogens is 2. The van der Waals surface area contributed by atoms with Crippen LogP contribution in [0.1, 0.15) is 31.2 Å². The lowest BCUT2D eigenvalue weighted by atomic mass is 9.85.